The van der Waals surface area contributed by atoms with Crippen LogP contribution in [0, 0.1) is 0 Å². The minimum absolute atomic E-state index is 0.339. The van der Waals surface area contributed by atoms with Gasteiger partial charge in [0.2, 0.25) is 0 Å². The molecule has 2 atom stereocenters. The van der Waals surface area contributed by atoms with E-state index in [1.54, 1.807) is 0 Å². The second-order valence-corrected chi connectivity index (χ2v) is 4.12. The maximum atomic E-state index is 10.9. The summed E-state index contributed by atoms with van der Waals surface area (Å²) in [4.78, 5) is 14.1. The second kappa shape index (κ2) is 2.16. The summed E-state index contributed by atoms with van der Waals surface area (Å²) in [5.74, 6) is 1.03. The van der Waals surface area contributed by atoms with Gasteiger partial charge in [-0.2, -0.15) is 0 Å². The highest BCUT2D eigenvalue weighted by Gasteiger charge is 2.38. The molecule has 3 heteroatoms. The molecule has 68 valence electrons. The highest BCUT2D eigenvalue weighted by atomic mass is 16.1. The van der Waals surface area contributed by atoms with E-state index in [1.807, 2.05) is 6.07 Å². The largest absolute Gasteiger partial charge is 0.364 e. The quantitative estimate of drug-likeness (QED) is 0.669. The molecule has 0 saturated heterocycles. The van der Waals surface area contributed by atoms with Crippen molar-refractivity contribution in [3.05, 3.63) is 23.0 Å². The number of nitrogens with two attached hydrogens (primary N) is 1. The maximum absolute atomic E-state index is 10.9. The number of primary amides is 1. The van der Waals surface area contributed by atoms with Gasteiger partial charge in [-0.05, 0) is 42.7 Å². The van der Waals surface area contributed by atoms with Gasteiger partial charge in [0.1, 0.15) is 5.69 Å². The van der Waals surface area contributed by atoms with Crippen molar-refractivity contribution in [2.45, 2.75) is 31.1 Å². The molecule has 1 amide bonds. The van der Waals surface area contributed by atoms with Crippen molar-refractivity contribution in [1.82, 2.24) is 4.98 Å². The Morgan fingerprint density at radius 2 is 2.23 bits per heavy atom. The third kappa shape index (κ3) is 0.816. The zero-order valence-corrected chi connectivity index (χ0v) is 7.34. The van der Waals surface area contributed by atoms with Crippen molar-refractivity contribution in [3.8, 4) is 0 Å². The Morgan fingerprint density at radius 1 is 1.46 bits per heavy atom. The molecular weight excluding hydrogens is 164 g/mol. The Kier molecular flexibility index (Phi) is 1.19. The number of nitrogens with one attached hydrogen (secondary N) is 1. The molecule has 3 nitrogen and oxygen atoms in total. The van der Waals surface area contributed by atoms with Crippen LogP contribution < -0.4 is 5.73 Å². The Morgan fingerprint density at radius 3 is 2.92 bits per heavy atom. The van der Waals surface area contributed by atoms with E-state index in [-0.39, 0.29) is 5.91 Å². The number of rotatable bonds is 1. The number of aromatic amines is 1. The minimum Gasteiger partial charge on any atom is -0.364 e. The predicted octanol–water partition coefficient (Wildman–Crippen LogP) is 1.48. The molecule has 3 rings (SSSR count). The SMILES string of the molecule is NC(=O)c1cc2c([nH]1)C1CCC2C1. The predicted molar refractivity (Wildman–Crippen MR) is 48.6 cm³/mol. The molecule has 2 bridgehead atoms. The van der Waals surface area contributed by atoms with E-state index in [1.165, 1.54) is 30.5 Å². The molecule has 13 heavy (non-hydrogen) atoms. The van der Waals surface area contributed by atoms with Crippen molar-refractivity contribution in [2.75, 3.05) is 0 Å². The summed E-state index contributed by atoms with van der Waals surface area (Å²) in [6.07, 6.45) is 3.84. The van der Waals surface area contributed by atoms with Crippen LogP contribution in [-0.4, -0.2) is 10.9 Å². The lowest BCUT2D eigenvalue weighted by Crippen LogP contribution is -2.11. The number of aromatic nitrogens is 1. The summed E-state index contributed by atoms with van der Waals surface area (Å²) in [6.45, 7) is 0. The first-order chi connectivity index (χ1) is 6.25. The van der Waals surface area contributed by atoms with Gasteiger partial charge in [-0.3, -0.25) is 4.79 Å². The number of carbonyl (C=O) groups is 1. The van der Waals surface area contributed by atoms with Crippen molar-refractivity contribution >= 4 is 5.91 Å². The zero-order valence-electron chi connectivity index (χ0n) is 7.34. The minimum atomic E-state index is -0.339. The van der Waals surface area contributed by atoms with Crippen LogP contribution in [0.4, 0.5) is 0 Å². The van der Waals surface area contributed by atoms with E-state index in [0.29, 0.717) is 17.5 Å². The third-order valence-electron chi connectivity index (χ3n) is 3.43. The monoisotopic (exact) mass is 176 g/mol. The molecule has 3 N–H and O–H groups in total. The molecule has 1 heterocycles. The van der Waals surface area contributed by atoms with Gasteiger partial charge in [0.25, 0.3) is 5.91 Å². The summed E-state index contributed by atoms with van der Waals surface area (Å²) in [5, 5.41) is 0. The average Bonchev–Trinajstić information content (AvgIpc) is 2.76. The number of amides is 1. The van der Waals surface area contributed by atoms with Gasteiger partial charge in [-0.15, -0.1) is 0 Å². The van der Waals surface area contributed by atoms with Crippen molar-refractivity contribution < 1.29 is 4.79 Å². The van der Waals surface area contributed by atoms with Crippen LogP contribution in [0.2, 0.25) is 0 Å². The van der Waals surface area contributed by atoms with Crippen LogP contribution in [0.1, 0.15) is 52.8 Å². The smallest absolute Gasteiger partial charge is 0.265 e. The summed E-state index contributed by atoms with van der Waals surface area (Å²) < 4.78 is 0. The van der Waals surface area contributed by atoms with Crippen LogP contribution in [-0.2, 0) is 0 Å². The molecule has 2 aliphatic carbocycles. The Hall–Kier alpha value is -1.25. The van der Waals surface area contributed by atoms with E-state index in [9.17, 15) is 4.79 Å². The highest BCUT2D eigenvalue weighted by molar-refractivity contribution is 5.91. The fourth-order valence-corrected chi connectivity index (χ4v) is 2.82. The first kappa shape index (κ1) is 7.18. The number of fused-ring (bicyclic) bond motifs is 5. The lowest BCUT2D eigenvalue weighted by atomic mass is 9.98. The van der Waals surface area contributed by atoms with Gasteiger partial charge >= 0.3 is 0 Å². The van der Waals surface area contributed by atoms with E-state index in [2.05, 4.69) is 4.98 Å². The third-order valence-corrected chi connectivity index (χ3v) is 3.43. The van der Waals surface area contributed by atoms with Crippen LogP contribution in [0.15, 0.2) is 6.07 Å². The summed E-state index contributed by atoms with van der Waals surface area (Å²) >= 11 is 0. The Balaban J connectivity index is 2.11. The topological polar surface area (TPSA) is 58.9 Å². The van der Waals surface area contributed by atoms with Gasteiger partial charge in [-0.1, -0.05) is 0 Å². The Labute approximate surface area is 76.3 Å². The Bertz CT molecular complexity index is 353. The van der Waals surface area contributed by atoms with Gasteiger partial charge in [0.05, 0.1) is 0 Å². The standard InChI is InChI=1S/C10H12N2O/c11-10(13)8-4-7-5-1-2-6(3-5)9(7)12-8/h4-6,12H,1-3H2,(H2,11,13). The zero-order chi connectivity index (χ0) is 9.00. The van der Waals surface area contributed by atoms with Crippen LogP contribution >= 0.6 is 0 Å². The molecule has 1 saturated carbocycles. The van der Waals surface area contributed by atoms with E-state index < -0.39 is 0 Å². The fraction of sp³-hybridized carbons (Fsp3) is 0.500. The maximum Gasteiger partial charge on any atom is 0.265 e. The van der Waals surface area contributed by atoms with E-state index in [4.69, 9.17) is 5.73 Å². The summed E-state index contributed by atoms with van der Waals surface area (Å²) in [6, 6.07) is 1.95. The molecule has 1 aromatic heterocycles. The van der Waals surface area contributed by atoms with Gasteiger partial charge < -0.3 is 10.7 Å². The van der Waals surface area contributed by atoms with Crippen molar-refractivity contribution in [3.63, 3.8) is 0 Å². The molecule has 1 fully saturated rings. The van der Waals surface area contributed by atoms with Gasteiger partial charge in [-0.25, -0.2) is 0 Å². The molecule has 1 aromatic rings. The molecule has 0 aliphatic heterocycles. The fourth-order valence-electron chi connectivity index (χ4n) is 2.82. The van der Waals surface area contributed by atoms with Crippen molar-refractivity contribution in [1.29, 1.82) is 0 Å². The van der Waals surface area contributed by atoms with Crippen molar-refractivity contribution in [2.24, 2.45) is 5.73 Å². The molecule has 0 aromatic carbocycles. The number of carbonyl (C=O) groups excluding carboxylic acids is 1. The van der Waals surface area contributed by atoms with Crippen LogP contribution in [0.3, 0.4) is 0 Å². The van der Waals surface area contributed by atoms with Gasteiger partial charge in [0, 0.05) is 5.69 Å². The number of H-pyrrole nitrogens is 1. The molecule has 0 spiro atoms. The molecular formula is C10H12N2O. The number of hydrogen-bond acceptors (Lipinski definition) is 1. The van der Waals surface area contributed by atoms with E-state index in [0.717, 1.165) is 0 Å². The number of hydrogen-bond donors (Lipinski definition) is 2. The van der Waals surface area contributed by atoms with Crippen LogP contribution in [0.25, 0.3) is 0 Å². The second-order valence-electron chi connectivity index (χ2n) is 4.12. The first-order valence-corrected chi connectivity index (χ1v) is 4.78. The first-order valence-electron chi connectivity index (χ1n) is 4.78. The lowest BCUT2D eigenvalue weighted by molar-refractivity contribution is 0.0996. The normalized spacial score (nSPS) is 29.2. The molecule has 0 radical (unpaired) electrons. The molecule has 2 aliphatic rings. The van der Waals surface area contributed by atoms with Crippen LogP contribution in [0.5, 0.6) is 0 Å². The lowest BCUT2D eigenvalue weighted by Gasteiger charge is -2.08. The average molecular weight is 176 g/mol. The van der Waals surface area contributed by atoms with E-state index >= 15 is 0 Å². The molecule has 2 unspecified atom stereocenters. The summed E-state index contributed by atoms with van der Waals surface area (Å²) in [7, 11) is 0. The summed E-state index contributed by atoms with van der Waals surface area (Å²) in [5.41, 5.74) is 8.44. The van der Waals surface area contributed by atoms with Gasteiger partial charge in [0.15, 0.2) is 0 Å². The highest BCUT2D eigenvalue weighted by Crippen LogP contribution is 2.52.